The third-order valence-corrected chi connectivity index (χ3v) is 10.2. The summed E-state index contributed by atoms with van der Waals surface area (Å²) in [6, 6.07) is 7.04. The van der Waals surface area contributed by atoms with Crippen LogP contribution < -0.4 is 20.9 Å². The molecule has 2 saturated heterocycles. The molecule has 0 unspecified atom stereocenters. The third kappa shape index (κ3) is 3.21. The number of nitrogens with zero attached hydrogens (tertiary/aromatic N) is 4. The van der Waals surface area contributed by atoms with Crippen LogP contribution >= 0.6 is 0 Å². The molecular formula is C25H32N6OS. The van der Waals surface area contributed by atoms with Crippen molar-refractivity contribution in [1.82, 2.24) is 9.97 Å². The van der Waals surface area contributed by atoms with Gasteiger partial charge in [-0.3, -0.25) is 4.21 Å². The van der Waals surface area contributed by atoms with E-state index in [0.717, 1.165) is 67.8 Å². The lowest BCUT2D eigenvalue weighted by molar-refractivity contribution is 0.286. The number of fused-ring (bicyclic) bond motifs is 3. The van der Waals surface area contributed by atoms with Crippen molar-refractivity contribution in [1.29, 1.82) is 0 Å². The standard InChI is InChI=1S/C25H32N6OS/c26-15-25(7-1-8-25)29-23-22-21(6-9-33(22)32)27-24(28-23)31-13-18-11-30(12-19(18)14-31)20-5-4-16-2-3-17(16)10-20/h4-5,10,18-19H,1-3,6-9,11-15,26H2,(H,27,28,29)/t18-,19+,33-/m1/s1. The minimum atomic E-state index is -1.02. The van der Waals surface area contributed by atoms with E-state index in [1.54, 1.807) is 0 Å². The molecule has 0 amide bonds. The maximum atomic E-state index is 12.7. The molecule has 3 N–H and O–H groups in total. The summed E-state index contributed by atoms with van der Waals surface area (Å²) >= 11 is 0. The van der Waals surface area contributed by atoms with Gasteiger partial charge in [-0.1, -0.05) is 6.07 Å². The van der Waals surface area contributed by atoms with Crippen LogP contribution in [0.4, 0.5) is 17.5 Å². The maximum Gasteiger partial charge on any atom is 0.227 e. The van der Waals surface area contributed by atoms with Gasteiger partial charge in [0, 0.05) is 62.4 Å². The Balaban J connectivity index is 1.11. The van der Waals surface area contributed by atoms with E-state index in [4.69, 9.17) is 15.7 Å². The molecule has 4 heterocycles. The number of hydrogen-bond acceptors (Lipinski definition) is 7. The number of nitrogens with one attached hydrogen (secondary N) is 1. The van der Waals surface area contributed by atoms with E-state index in [0.29, 0.717) is 24.1 Å². The van der Waals surface area contributed by atoms with Crippen molar-refractivity contribution < 1.29 is 4.21 Å². The summed E-state index contributed by atoms with van der Waals surface area (Å²) in [5.74, 6) is 3.51. The van der Waals surface area contributed by atoms with Crippen LogP contribution in [0.15, 0.2) is 23.1 Å². The zero-order chi connectivity index (χ0) is 22.2. The predicted molar refractivity (Wildman–Crippen MR) is 132 cm³/mol. The van der Waals surface area contributed by atoms with Gasteiger partial charge in [-0.25, -0.2) is 4.98 Å². The zero-order valence-corrected chi connectivity index (χ0v) is 19.9. The Kier molecular flexibility index (Phi) is 4.53. The monoisotopic (exact) mass is 464 g/mol. The van der Waals surface area contributed by atoms with Crippen molar-refractivity contribution in [2.45, 2.75) is 49.0 Å². The Hall–Kier alpha value is -2.19. The van der Waals surface area contributed by atoms with Gasteiger partial charge >= 0.3 is 0 Å². The normalized spacial score (nSPS) is 28.7. The Bertz CT molecular complexity index is 1130. The van der Waals surface area contributed by atoms with E-state index < -0.39 is 10.8 Å². The minimum Gasteiger partial charge on any atom is -0.371 e. The van der Waals surface area contributed by atoms with Crippen molar-refractivity contribution in [3.05, 3.63) is 35.0 Å². The van der Waals surface area contributed by atoms with Crippen LogP contribution in [0.1, 0.15) is 36.1 Å². The molecule has 7 nitrogen and oxygen atoms in total. The number of aromatic nitrogens is 2. The van der Waals surface area contributed by atoms with Crippen LogP contribution in [0.5, 0.6) is 0 Å². The molecule has 2 aromatic rings. The summed E-state index contributed by atoms with van der Waals surface area (Å²) in [5.41, 5.74) is 11.4. The van der Waals surface area contributed by atoms with Gasteiger partial charge in [-0.2, -0.15) is 4.98 Å². The number of aryl methyl sites for hydroxylation is 3. The highest BCUT2D eigenvalue weighted by Gasteiger charge is 2.42. The summed E-state index contributed by atoms with van der Waals surface area (Å²) < 4.78 is 12.7. The predicted octanol–water partition coefficient (Wildman–Crippen LogP) is 2.10. The van der Waals surface area contributed by atoms with Crippen LogP contribution in [0.3, 0.4) is 0 Å². The molecule has 3 atom stereocenters. The first-order valence-corrected chi connectivity index (χ1v) is 13.8. The number of benzene rings is 1. The summed E-state index contributed by atoms with van der Waals surface area (Å²) in [7, 11) is -1.02. The molecule has 0 radical (unpaired) electrons. The molecule has 0 bridgehead atoms. The maximum absolute atomic E-state index is 12.7. The van der Waals surface area contributed by atoms with E-state index in [9.17, 15) is 4.21 Å². The molecule has 7 rings (SSSR count). The molecule has 1 aromatic carbocycles. The van der Waals surface area contributed by atoms with Gasteiger partial charge in [0.1, 0.15) is 10.7 Å². The van der Waals surface area contributed by atoms with Crippen LogP contribution in [-0.4, -0.2) is 58.2 Å². The van der Waals surface area contributed by atoms with Crippen molar-refractivity contribution in [2.75, 3.05) is 53.6 Å². The second-order valence-corrected chi connectivity index (χ2v) is 12.2. The van der Waals surface area contributed by atoms with Gasteiger partial charge in [0.15, 0.2) is 0 Å². The molecule has 33 heavy (non-hydrogen) atoms. The topological polar surface area (TPSA) is 87.4 Å². The van der Waals surface area contributed by atoms with Gasteiger partial charge in [0.05, 0.1) is 22.0 Å². The molecule has 174 valence electrons. The summed E-state index contributed by atoms with van der Waals surface area (Å²) in [6.07, 6.45) is 6.54. The minimum absolute atomic E-state index is 0.0921. The lowest BCUT2D eigenvalue weighted by atomic mass is 9.77. The summed E-state index contributed by atoms with van der Waals surface area (Å²) in [6.45, 7) is 4.79. The third-order valence-electron chi connectivity index (χ3n) is 8.75. The first-order chi connectivity index (χ1) is 16.1. The highest BCUT2D eigenvalue weighted by atomic mass is 32.2. The fourth-order valence-electron chi connectivity index (χ4n) is 6.39. The molecule has 0 spiro atoms. The lowest BCUT2D eigenvalue weighted by Gasteiger charge is -2.42. The quantitative estimate of drug-likeness (QED) is 0.701. The molecule has 8 heteroatoms. The summed E-state index contributed by atoms with van der Waals surface area (Å²) in [5, 5.41) is 3.63. The average Bonchev–Trinajstić information content (AvgIpc) is 3.45. The van der Waals surface area contributed by atoms with E-state index in [-0.39, 0.29) is 5.54 Å². The smallest absolute Gasteiger partial charge is 0.227 e. The second-order valence-electron chi connectivity index (χ2n) is 10.7. The van der Waals surface area contributed by atoms with Crippen molar-refractivity contribution >= 4 is 28.3 Å². The van der Waals surface area contributed by atoms with Gasteiger partial charge in [0.2, 0.25) is 5.95 Å². The largest absolute Gasteiger partial charge is 0.371 e. The van der Waals surface area contributed by atoms with Gasteiger partial charge in [-0.05, 0) is 55.4 Å². The van der Waals surface area contributed by atoms with Crippen LogP contribution in [0.25, 0.3) is 0 Å². The van der Waals surface area contributed by atoms with E-state index in [1.165, 1.54) is 36.1 Å². The van der Waals surface area contributed by atoms with Gasteiger partial charge < -0.3 is 20.9 Å². The Morgan fingerprint density at radius 3 is 2.42 bits per heavy atom. The molecule has 3 aliphatic heterocycles. The van der Waals surface area contributed by atoms with E-state index >= 15 is 0 Å². The highest BCUT2D eigenvalue weighted by Crippen LogP contribution is 2.40. The van der Waals surface area contributed by atoms with Crippen LogP contribution in [0.2, 0.25) is 0 Å². The van der Waals surface area contributed by atoms with Crippen molar-refractivity contribution in [2.24, 2.45) is 17.6 Å². The van der Waals surface area contributed by atoms with Crippen molar-refractivity contribution in [3.63, 3.8) is 0 Å². The lowest BCUT2D eigenvalue weighted by Crippen LogP contribution is -2.51. The molecular weight excluding hydrogens is 432 g/mol. The zero-order valence-electron chi connectivity index (χ0n) is 19.1. The van der Waals surface area contributed by atoms with E-state index in [1.807, 2.05) is 0 Å². The average molecular weight is 465 g/mol. The molecule has 1 saturated carbocycles. The van der Waals surface area contributed by atoms with Crippen molar-refractivity contribution in [3.8, 4) is 0 Å². The first kappa shape index (κ1) is 20.2. The highest BCUT2D eigenvalue weighted by molar-refractivity contribution is 7.85. The second kappa shape index (κ2) is 7.40. The number of rotatable bonds is 5. The number of anilines is 3. The fraction of sp³-hybridized carbons (Fsp3) is 0.600. The molecule has 1 aromatic heterocycles. The Labute approximate surface area is 197 Å². The SMILES string of the molecule is NCC1(Nc2nc(N3C[C@H]4CN(c5ccc6c(c5)CC6)C[C@H]4C3)nc3c2[S@](=O)CC3)CCC1. The number of nitrogens with two attached hydrogens (primary N) is 1. The van der Waals surface area contributed by atoms with Crippen LogP contribution in [-0.2, 0) is 30.1 Å². The Morgan fingerprint density at radius 2 is 1.79 bits per heavy atom. The van der Waals surface area contributed by atoms with Gasteiger partial charge in [-0.15, -0.1) is 0 Å². The first-order valence-electron chi connectivity index (χ1n) is 12.5. The fourth-order valence-corrected chi connectivity index (χ4v) is 7.70. The van der Waals surface area contributed by atoms with Crippen LogP contribution in [0, 0.1) is 11.8 Å². The molecule has 3 fully saturated rings. The summed E-state index contributed by atoms with van der Waals surface area (Å²) in [4.78, 5) is 15.7. The number of hydrogen-bond donors (Lipinski definition) is 2. The van der Waals surface area contributed by atoms with Gasteiger partial charge in [0.25, 0.3) is 0 Å². The van der Waals surface area contributed by atoms with E-state index in [2.05, 4.69) is 33.3 Å². The molecule has 5 aliphatic rings. The Morgan fingerprint density at radius 1 is 1.03 bits per heavy atom. The molecule has 2 aliphatic carbocycles.